The first-order valence-electron chi connectivity index (χ1n) is 10.7. The second-order valence-corrected chi connectivity index (χ2v) is 8.76. The Bertz CT molecular complexity index is 1170. The van der Waals surface area contributed by atoms with E-state index in [9.17, 15) is 4.79 Å². The number of rotatable bonds is 5. The van der Waals surface area contributed by atoms with Crippen LogP contribution in [0.3, 0.4) is 0 Å². The fraction of sp³-hybridized carbons (Fsp3) is 0.360. The van der Waals surface area contributed by atoms with Gasteiger partial charge in [0.05, 0.1) is 22.8 Å². The van der Waals surface area contributed by atoms with Crippen LogP contribution >= 0.6 is 11.6 Å². The van der Waals surface area contributed by atoms with Gasteiger partial charge in [-0.05, 0) is 73.4 Å². The van der Waals surface area contributed by atoms with Crippen molar-refractivity contribution in [2.24, 2.45) is 5.73 Å². The molecule has 4 rings (SSSR count). The van der Waals surface area contributed by atoms with E-state index < -0.39 is 0 Å². The number of nitrogens with two attached hydrogens (primary N) is 1. The number of hydrogen-bond donors (Lipinski definition) is 2. The van der Waals surface area contributed by atoms with Gasteiger partial charge >= 0.3 is 0 Å². The van der Waals surface area contributed by atoms with Crippen LogP contribution in [0.25, 0.3) is 10.8 Å². The van der Waals surface area contributed by atoms with E-state index in [4.69, 9.17) is 27.3 Å². The van der Waals surface area contributed by atoms with Crippen molar-refractivity contribution < 1.29 is 4.74 Å². The number of hydrogen-bond acceptors (Lipinski definition) is 4. The molecule has 1 saturated carbocycles. The third-order valence-corrected chi connectivity index (χ3v) is 6.98. The van der Waals surface area contributed by atoms with E-state index in [0.717, 1.165) is 37.5 Å². The quantitative estimate of drug-likeness (QED) is 0.586. The normalized spacial score (nSPS) is 22.1. The number of nitriles is 1. The summed E-state index contributed by atoms with van der Waals surface area (Å²) in [5.41, 5.74) is 8.19. The Kier molecular flexibility index (Phi) is 6.04. The lowest BCUT2D eigenvalue weighted by Crippen LogP contribution is -2.48. The fourth-order valence-electron chi connectivity index (χ4n) is 4.82. The molecule has 1 atom stereocenters. The van der Waals surface area contributed by atoms with Crippen LogP contribution in [0.2, 0.25) is 5.02 Å². The Hall–Kier alpha value is -2.81. The summed E-state index contributed by atoms with van der Waals surface area (Å²) in [6.07, 6.45) is 6.08. The van der Waals surface area contributed by atoms with E-state index in [1.54, 1.807) is 12.3 Å². The highest BCUT2D eigenvalue weighted by molar-refractivity contribution is 6.32. The molecule has 1 unspecified atom stereocenters. The molecule has 160 valence electrons. The van der Waals surface area contributed by atoms with Crippen LogP contribution in [-0.4, -0.2) is 17.1 Å². The highest BCUT2D eigenvalue weighted by Crippen LogP contribution is 2.44. The Morgan fingerprint density at radius 1 is 1.26 bits per heavy atom. The lowest BCUT2D eigenvalue weighted by molar-refractivity contribution is 0.104. The van der Waals surface area contributed by atoms with Crippen LogP contribution in [0.15, 0.2) is 53.5 Å². The minimum Gasteiger partial charge on any atom is -0.489 e. The molecule has 0 aliphatic heterocycles. The third kappa shape index (κ3) is 4.06. The van der Waals surface area contributed by atoms with Crippen molar-refractivity contribution in [3.05, 3.63) is 75.2 Å². The van der Waals surface area contributed by atoms with Gasteiger partial charge in [0.2, 0.25) is 0 Å². The van der Waals surface area contributed by atoms with Crippen molar-refractivity contribution in [1.82, 2.24) is 4.98 Å². The van der Waals surface area contributed by atoms with Crippen LogP contribution < -0.4 is 16.0 Å². The van der Waals surface area contributed by atoms with Crippen molar-refractivity contribution in [2.75, 3.05) is 0 Å². The van der Waals surface area contributed by atoms with Crippen LogP contribution in [0.1, 0.15) is 50.2 Å². The molecule has 0 spiro atoms. The van der Waals surface area contributed by atoms with Crippen molar-refractivity contribution >= 4 is 22.4 Å². The zero-order chi connectivity index (χ0) is 22.0. The molecule has 31 heavy (non-hydrogen) atoms. The average molecular weight is 436 g/mol. The van der Waals surface area contributed by atoms with Crippen LogP contribution in [-0.2, 0) is 5.41 Å². The minimum atomic E-state index is -0.163. The van der Waals surface area contributed by atoms with E-state index >= 15 is 0 Å². The van der Waals surface area contributed by atoms with Gasteiger partial charge in [0.25, 0.3) is 5.56 Å². The van der Waals surface area contributed by atoms with Gasteiger partial charge in [0.15, 0.2) is 0 Å². The van der Waals surface area contributed by atoms with Crippen LogP contribution in [0.5, 0.6) is 5.75 Å². The fourth-order valence-corrected chi connectivity index (χ4v) is 5.03. The highest BCUT2D eigenvalue weighted by Gasteiger charge is 2.41. The SMILES string of the molecule is CCC(N)C1(c2ccc(C#N)cc2)CCC(Oc2cc3cc[nH]c(=O)c3cc2Cl)CC1. The molecule has 1 heterocycles. The average Bonchev–Trinajstić information content (AvgIpc) is 2.80. The summed E-state index contributed by atoms with van der Waals surface area (Å²) in [6, 6.07) is 15.4. The van der Waals surface area contributed by atoms with E-state index in [-0.39, 0.29) is 23.1 Å². The Balaban J connectivity index is 1.55. The number of H-pyrrole nitrogens is 1. The summed E-state index contributed by atoms with van der Waals surface area (Å²) >= 11 is 6.42. The van der Waals surface area contributed by atoms with Gasteiger partial charge in [0, 0.05) is 23.0 Å². The van der Waals surface area contributed by atoms with Crippen molar-refractivity contribution in [3.63, 3.8) is 0 Å². The summed E-state index contributed by atoms with van der Waals surface area (Å²) < 4.78 is 6.29. The number of benzene rings is 2. The van der Waals surface area contributed by atoms with Crippen molar-refractivity contribution in [2.45, 2.75) is 56.6 Å². The molecule has 3 aromatic rings. The van der Waals surface area contributed by atoms with E-state index in [1.165, 1.54) is 5.56 Å². The van der Waals surface area contributed by atoms with E-state index in [0.29, 0.717) is 21.7 Å². The van der Waals surface area contributed by atoms with Gasteiger partial charge in [0.1, 0.15) is 5.75 Å². The van der Waals surface area contributed by atoms with Gasteiger partial charge in [-0.2, -0.15) is 5.26 Å². The van der Waals surface area contributed by atoms with Crippen LogP contribution in [0, 0.1) is 11.3 Å². The summed E-state index contributed by atoms with van der Waals surface area (Å²) in [5.74, 6) is 0.607. The second-order valence-electron chi connectivity index (χ2n) is 8.35. The molecule has 3 N–H and O–H groups in total. The standard InChI is InChI=1S/C25H26ClN3O2/c1-2-23(28)25(18-5-3-16(15-27)4-6-18)10-7-19(8-11-25)31-22-13-17-9-12-29-24(30)20(17)14-21(22)26/h3-6,9,12-14,19,23H,2,7-8,10-11,28H2,1H3,(H,29,30). The molecular weight excluding hydrogens is 410 g/mol. The van der Waals surface area contributed by atoms with Gasteiger partial charge < -0.3 is 15.5 Å². The Morgan fingerprint density at radius 2 is 1.97 bits per heavy atom. The highest BCUT2D eigenvalue weighted by atomic mass is 35.5. The van der Waals surface area contributed by atoms with E-state index in [2.05, 4.69) is 18.0 Å². The smallest absolute Gasteiger partial charge is 0.255 e. The molecular formula is C25H26ClN3O2. The summed E-state index contributed by atoms with van der Waals surface area (Å²) in [7, 11) is 0. The third-order valence-electron chi connectivity index (χ3n) is 6.68. The zero-order valence-corrected chi connectivity index (χ0v) is 18.3. The molecule has 0 radical (unpaired) electrons. The summed E-state index contributed by atoms with van der Waals surface area (Å²) in [5, 5.41) is 10.9. The number of pyridine rings is 1. The maximum absolute atomic E-state index is 12.0. The minimum absolute atomic E-state index is 0.0347. The topological polar surface area (TPSA) is 91.9 Å². The number of nitrogens with zero attached hydrogens (tertiary/aromatic N) is 1. The number of aromatic nitrogens is 1. The predicted octanol–water partition coefficient (Wildman–Crippen LogP) is 5.05. The Morgan fingerprint density at radius 3 is 2.61 bits per heavy atom. The molecule has 6 heteroatoms. The lowest BCUT2D eigenvalue weighted by Gasteiger charge is -2.44. The first kappa shape index (κ1) is 21.4. The molecule has 0 bridgehead atoms. The van der Waals surface area contributed by atoms with Gasteiger partial charge in [-0.15, -0.1) is 0 Å². The largest absolute Gasteiger partial charge is 0.489 e. The zero-order valence-electron chi connectivity index (χ0n) is 17.5. The molecule has 0 saturated heterocycles. The molecule has 2 aromatic carbocycles. The predicted molar refractivity (Wildman–Crippen MR) is 124 cm³/mol. The molecule has 0 amide bonds. The number of nitrogens with one attached hydrogen (secondary N) is 1. The maximum Gasteiger partial charge on any atom is 0.255 e. The molecule has 1 aliphatic rings. The number of fused-ring (bicyclic) bond motifs is 1. The molecule has 1 aromatic heterocycles. The first-order chi connectivity index (χ1) is 15.0. The van der Waals surface area contributed by atoms with Crippen molar-refractivity contribution in [1.29, 1.82) is 5.26 Å². The maximum atomic E-state index is 12.0. The van der Waals surface area contributed by atoms with Gasteiger partial charge in [-0.25, -0.2) is 0 Å². The number of aromatic amines is 1. The van der Waals surface area contributed by atoms with Crippen molar-refractivity contribution in [3.8, 4) is 11.8 Å². The summed E-state index contributed by atoms with van der Waals surface area (Å²) in [4.78, 5) is 14.7. The van der Waals surface area contributed by atoms with Gasteiger partial charge in [-0.1, -0.05) is 30.7 Å². The van der Waals surface area contributed by atoms with E-state index in [1.807, 2.05) is 36.4 Å². The number of halogens is 1. The van der Waals surface area contributed by atoms with Crippen LogP contribution in [0.4, 0.5) is 0 Å². The molecule has 5 nitrogen and oxygen atoms in total. The Labute approximate surface area is 186 Å². The molecule has 1 aliphatic carbocycles. The monoisotopic (exact) mass is 435 g/mol. The molecule has 1 fully saturated rings. The summed E-state index contributed by atoms with van der Waals surface area (Å²) in [6.45, 7) is 2.12. The number of ether oxygens (including phenoxy) is 1. The first-order valence-corrected chi connectivity index (χ1v) is 11.1. The second kappa shape index (κ2) is 8.74. The lowest BCUT2D eigenvalue weighted by atomic mass is 9.64. The van der Waals surface area contributed by atoms with Gasteiger partial charge in [-0.3, -0.25) is 4.79 Å².